The van der Waals surface area contributed by atoms with E-state index in [-0.39, 0.29) is 0 Å². The van der Waals surface area contributed by atoms with Gasteiger partial charge in [-0.3, -0.25) is 0 Å². The number of benzene rings is 2. The Bertz CT molecular complexity index is 522. The van der Waals surface area contributed by atoms with Crippen LogP contribution in [0.15, 0.2) is 54.6 Å². The van der Waals surface area contributed by atoms with Gasteiger partial charge in [0.1, 0.15) is 0 Å². The van der Waals surface area contributed by atoms with Crippen molar-refractivity contribution in [3.05, 3.63) is 60.2 Å². The molecule has 0 saturated carbocycles. The van der Waals surface area contributed by atoms with E-state index in [4.69, 9.17) is 0 Å². The normalized spacial score (nSPS) is 21.8. The van der Waals surface area contributed by atoms with Crippen LogP contribution in [-0.4, -0.2) is 6.04 Å². The maximum Gasteiger partial charge on any atom is 0.0553 e. The highest BCUT2D eigenvalue weighted by Gasteiger charge is 2.23. The van der Waals surface area contributed by atoms with Crippen LogP contribution in [0, 0.1) is 0 Å². The van der Waals surface area contributed by atoms with Gasteiger partial charge in [0.2, 0.25) is 0 Å². The first-order valence-electron chi connectivity index (χ1n) is 6.50. The number of para-hydroxylation sites is 2. The molecule has 0 fully saturated rings. The molecule has 2 atom stereocenters. The minimum atomic E-state index is 0.389. The van der Waals surface area contributed by atoms with Crippen LogP contribution in [0.3, 0.4) is 0 Å². The topological polar surface area (TPSA) is 24.1 Å². The molecule has 1 heterocycles. The van der Waals surface area contributed by atoms with Crippen LogP contribution < -0.4 is 10.6 Å². The fourth-order valence-corrected chi connectivity index (χ4v) is 2.61. The SMILES string of the molecule is C[C@@H]1CC(Nc2ccccc2)c2ccccc2N1. The maximum absolute atomic E-state index is 3.63. The molecule has 0 spiro atoms. The average Bonchev–Trinajstić information content (AvgIpc) is 2.40. The highest BCUT2D eigenvalue weighted by atomic mass is 15.0. The van der Waals surface area contributed by atoms with Crippen LogP contribution in [0.5, 0.6) is 0 Å². The van der Waals surface area contributed by atoms with Gasteiger partial charge in [0.15, 0.2) is 0 Å². The van der Waals surface area contributed by atoms with E-state index < -0.39 is 0 Å². The molecule has 1 aliphatic rings. The van der Waals surface area contributed by atoms with E-state index in [0.29, 0.717) is 12.1 Å². The average molecular weight is 238 g/mol. The fourth-order valence-electron chi connectivity index (χ4n) is 2.61. The number of hydrogen-bond acceptors (Lipinski definition) is 2. The van der Waals surface area contributed by atoms with Gasteiger partial charge in [0.05, 0.1) is 6.04 Å². The summed E-state index contributed by atoms with van der Waals surface area (Å²) >= 11 is 0. The molecule has 1 aliphatic heterocycles. The maximum atomic E-state index is 3.63. The molecule has 2 nitrogen and oxygen atoms in total. The van der Waals surface area contributed by atoms with Gasteiger partial charge in [-0.2, -0.15) is 0 Å². The summed E-state index contributed by atoms with van der Waals surface area (Å²) < 4.78 is 0. The Morgan fingerprint density at radius 1 is 1.00 bits per heavy atom. The first-order valence-corrected chi connectivity index (χ1v) is 6.50. The fraction of sp³-hybridized carbons (Fsp3) is 0.250. The molecule has 0 saturated heterocycles. The third kappa shape index (κ3) is 2.19. The lowest BCUT2D eigenvalue weighted by Crippen LogP contribution is -2.28. The van der Waals surface area contributed by atoms with Crippen molar-refractivity contribution in [2.24, 2.45) is 0 Å². The Hall–Kier alpha value is -1.96. The van der Waals surface area contributed by atoms with E-state index in [2.05, 4.69) is 66.1 Å². The van der Waals surface area contributed by atoms with E-state index in [1.54, 1.807) is 0 Å². The van der Waals surface area contributed by atoms with Gasteiger partial charge in [-0.15, -0.1) is 0 Å². The Labute approximate surface area is 108 Å². The van der Waals surface area contributed by atoms with Gasteiger partial charge >= 0.3 is 0 Å². The standard InChI is InChI=1S/C16H18N2/c1-12-11-16(18-13-7-3-2-4-8-13)14-9-5-6-10-15(14)17-12/h2-10,12,16-18H,11H2,1H3/t12-,16?/m1/s1. The summed E-state index contributed by atoms with van der Waals surface area (Å²) in [7, 11) is 0. The highest BCUT2D eigenvalue weighted by molar-refractivity contribution is 5.58. The monoisotopic (exact) mass is 238 g/mol. The molecule has 0 aromatic heterocycles. The van der Waals surface area contributed by atoms with Gasteiger partial charge in [0, 0.05) is 17.4 Å². The summed E-state index contributed by atoms with van der Waals surface area (Å²) in [5.41, 5.74) is 3.80. The quantitative estimate of drug-likeness (QED) is 0.825. The lowest BCUT2D eigenvalue weighted by Gasteiger charge is -2.32. The van der Waals surface area contributed by atoms with E-state index in [1.165, 1.54) is 16.9 Å². The minimum absolute atomic E-state index is 0.389. The van der Waals surface area contributed by atoms with Gasteiger partial charge in [-0.1, -0.05) is 36.4 Å². The second-order valence-corrected chi connectivity index (χ2v) is 4.93. The number of rotatable bonds is 2. The van der Waals surface area contributed by atoms with E-state index >= 15 is 0 Å². The Morgan fingerprint density at radius 2 is 1.72 bits per heavy atom. The van der Waals surface area contributed by atoms with Crippen molar-refractivity contribution in [3.8, 4) is 0 Å². The van der Waals surface area contributed by atoms with E-state index in [0.717, 1.165) is 6.42 Å². The van der Waals surface area contributed by atoms with Crippen molar-refractivity contribution in [1.82, 2.24) is 0 Å². The van der Waals surface area contributed by atoms with Crippen molar-refractivity contribution in [1.29, 1.82) is 0 Å². The lowest BCUT2D eigenvalue weighted by molar-refractivity contribution is 0.600. The van der Waals surface area contributed by atoms with E-state index in [1.807, 2.05) is 6.07 Å². The van der Waals surface area contributed by atoms with Crippen molar-refractivity contribution in [3.63, 3.8) is 0 Å². The number of fused-ring (bicyclic) bond motifs is 1. The zero-order valence-corrected chi connectivity index (χ0v) is 10.6. The molecule has 2 aromatic carbocycles. The Kier molecular flexibility index (Phi) is 2.93. The highest BCUT2D eigenvalue weighted by Crippen LogP contribution is 2.34. The number of anilines is 2. The smallest absolute Gasteiger partial charge is 0.0553 e. The molecule has 3 rings (SSSR count). The second-order valence-electron chi connectivity index (χ2n) is 4.93. The van der Waals surface area contributed by atoms with Gasteiger partial charge in [0.25, 0.3) is 0 Å². The van der Waals surface area contributed by atoms with Crippen LogP contribution >= 0.6 is 0 Å². The largest absolute Gasteiger partial charge is 0.382 e. The molecular formula is C16H18N2. The summed E-state index contributed by atoms with van der Waals surface area (Å²) in [4.78, 5) is 0. The van der Waals surface area contributed by atoms with Crippen LogP contribution in [0.1, 0.15) is 24.9 Å². The molecular weight excluding hydrogens is 220 g/mol. The zero-order valence-electron chi connectivity index (χ0n) is 10.6. The predicted molar refractivity (Wildman–Crippen MR) is 76.9 cm³/mol. The molecule has 0 radical (unpaired) electrons. The van der Waals surface area contributed by atoms with Crippen molar-refractivity contribution in [2.75, 3.05) is 10.6 Å². The molecule has 2 N–H and O–H groups in total. The summed E-state index contributed by atoms with van der Waals surface area (Å²) in [6, 6.07) is 19.9. The van der Waals surface area contributed by atoms with Gasteiger partial charge in [-0.05, 0) is 37.1 Å². The van der Waals surface area contributed by atoms with Crippen LogP contribution in [-0.2, 0) is 0 Å². The number of hydrogen-bond donors (Lipinski definition) is 2. The van der Waals surface area contributed by atoms with Crippen molar-refractivity contribution >= 4 is 11.4 Å². The first-order chi connectivity index (χ1) is 8.83. The Morgan fingerprint density at radius 3 is 2.56 bits per heavy atom. The summed E-state index contributed by atoms with van der Waals surface area (Å²) in [6.45, 7) is 2.23. The summed E-state index contributed by atoms with van der Waals surface area (Å²) in [5.74, 6) is 0. The van der Waals surface area contributed by atoms with Crippen molar-refractivity contribution < 1.29 is 0 Å². The lowest BCUT2D eigenvalue weighted by atomic mass is 9.93. The molecule has 18 heavy (non-hydrogen) atoms. The second kappa shape index (κ2) is 4.73. The third-order valence-electron chi connectivity index (χ3n) is 3.44. The molecule has 92 valence electrons. The van der Waals surface area contributed by atoms with E-state index in [9.17, 15) is 0 Å². The molecule has 0 bridgehead atoms. The third-order valence-corrected chi connectivity index (χ3v) is 3.44. The predicted octanol–water partition coefficient (Wildman–Crippen LogP) is 4.04. The molecule has 2 aromatic rings. The minimum Gasteiger partial charge on any atom is -0.382 e. The first kappa shape index (κ1) is 11.1. The molecule has 0 aliphatic carbocycles. The van der Waals surface area contributed by atoms with Crippen LogP contribution in [0.2, 0.25) is 0 Å². The molecule has 1 unspecified atom stereocenters. The summed E-state index contributed by atoms with van der Waals surface area (Å²) in [6.07, 6.45) is 1.10. The molecule has 2 heteroatoms. The molecule has 0 amide bonds. The van der Waals surface area contributed by atoms with Crippen LogP contribution in [0.4, 0.5) is 11.4 Å². The van der Waals surface area contributed by atoms with Gasteiger partial charge < -0.3 is 10.6 Å². The number of nitrogens with one attached hydrogen (secondary N) is 2. The van der Waals surface area contributed by atoms with Crippen molar-refractivity contribution in [2.45, 2.75) is 25.4 Å². The Balaban J connectivity index is 1.89. The zero-order chi connectivity index (χ0) is 12.4. The van der Waals surface area contributed by atoms with Gasteiger partial charge in [-0.25, -0.2) is 0 Å². The van der Waals surface area contributed by atoms with Crippen LogP contribution in [0.25, 0.3) is 0 Å². The summed E-state index contributed by atoms with van der Waals surface area (Å²) in [5, 5.41) is 7.16.